The summed E-state index contributed by atoms with van der Waals surface area (Å²) in [5.74, 6) is 2.16. The molecule has 7 nitrogen and oxygen atoms in total. The van der Waals surface area contributed by atoms with Crippen LogP contribution < -0.4 is 5.32 Å². The Kier molecular flexibility index (Phi) is 5.41. The van der Waals surface area contributed by atoms with Gasteiger partial charge in [0.25, 0.3) is 0 Å². The Balaban J connectivity index is 1.45. The maximum Gasteiger partial charge on any atom is 0.244 e. The lowest BCUT2D eigenvalue weighted by atomic mass is 10.2. The minimum absolute atomic E-state index is 0.0712. The first-order chi connectivity index (χ1) is 14.0. The summed E-state index contributed by atoms with van der Waals surface area (Å²) < 4.78 is 7.85. The molecule has 0 aliphatic rings. The van der Waals surface area contributed by atoms with E-state index in [9.17, 15) is 4.79 Å². The second-order valence-electron chi connectivity index (χ2n) is 6.76. The molecule has 3 aromatic heterocycles. The molecule has 1 aromatic carbocycles. The first-order valence-corrected chi connectivity index (χ1v) is 10.3. The number of carbonyl (C=O) groups is 1. The number of rotatable bonds is 6. The van der Waals surface area contributed by atoms with Crippen molar-refractivity contribution in [1.82, 2.24) is 19.7 Å². The van der Waals surface area contributed by atoms with Crippen LogP contribution in [0.4, 0.5) is 5.69 Å². The van der Waals surface area contributed by atoms with Gasteiger partial charge in [0, 0.05) is 17.2 Å². The Morgan fingerprint density at radius 1 is 1.31 bits per heavy atom. The Bertz CT molecular complexity index is 1170. The molecule has 0 aliphatic heterocycles. The third-order valence-electron chi connectivity index (χ3n) is 4.31. The van der Waals surface area contributed by atoms with E-state index in [0.29, 0.717) is 22.2 Å². The van der Waals surface area contributed by atoms with Crippen molar-refractivity contribution in [2.75, 3.05) is 5.32 Å². The molecule has 2 N–H and O–H groups in total. The number of hydrogen-bond acceptors (Lipinski definition) is 6. The van der Waals surface area contributed by atoms with Gasteiger partial charge in [-0.25, -0.2) is 4.98 Å². The van der Waals surface area contributed by atoms with Crippen molar-refractivity contribution >= 4 is 35.1 Å². The zero-order valence-corrected chi connectivity index (χ0v) is 17.5. The van der Waals surface area contributed by atoms with Gasteiger partial charge in [-0.05, 0) is 47.9 Å². The number of carbonyl (C=O) groups excluding carboxylic acids is 1. The van der Waals surface area contributed by atoms with Crippen LogP contribution >= 0.6 is 23.6 Å². The minimum Gasteiger partial charge on any atom is -0.441 e. The van der Waals surface area contributed by atoms with Crippen LogP contribution in [-0.2, 0) is 11.3 Å². The van der Waals surface area contributed by atoms with Crippen molar-refractivity contribution in [1.29, 1.82) is 0 Å². The number of oxazole rings is 1. The summed E-state index contributed by atoms with van der Waals surface area (Å²) in [5, 5.41) is 11.8. The Hall–Kier alpha value is -3.04. The average Bonchev–Trinajstić information content (AvgIpc) is 3.44. The summed E-state index contributed by atoms with van der Waals surface area (Å²) in [6.45, 7) is 4.18. The highest BCUT2D eigenvalue weighted by molar-refractivity contribution is 7.71. The number of thiophene rings is 1. The van der Waals surface area contributed by atoms with Gasteiger partial charge in [0.15, 0.2) is 10.6 Å². The molecule has 0 saturated heterocycles. The highest BCUT2D eigenvalue weighted by Crippen LogP contribution is 2.25. The molecule has 0 unspecified atom stereocenters. The number of hydrogen-bond donors (Lipinski definition) is 2. The van der Waals surface area contributed by atoms with Gasteiger partial charge in [-0.15, -0.1) is 11.3 Å². The summed E-state index contributed by atoms with van der Waals surface area (Å²) in [6.07, 6.45) is 1.75. The fraction of sp³-hybridized carbons (Fsp3) is 0.200. The molecule has 0 atom stereocenters. The quantitative estimate of drug-likeness (QED) is 0.420. The van der Waals surface area contributed by atoms with Crippen molar-refractivity contribution in [3.63, 3.8) is 0 Å². The number of aromatic amines is 1. The van der Waals surface area contributed by atoms with E-state index in [1.807, 2.05) is 41.8 Å². The third kappa shape index (κ3) is 4.20. The lowest BCUT2D eigenvalue weighted by Crippen LogP contribution is -2.19. The molecule has 3 heterocycles. The van der Waals surface area contributed by atoms with Crippen LogP contribution in [-0.4, -0.2) is 25.7 Å². The average molecular weight is 426 g/mol. The lowest BCUT2D eigenvalue weighted by molar-refractivity contribution is -0.116. The highest BCUT2D eigenvalue weighted by Gasteiger charge is 2.14. The molecule has 0 aliphatic carbocycles. The predicted molar refractivity (Wildman–Crippen MR) is 115 cm³/mol. The zero-order chi connectivity index (χ0) is 20.4. The van der Waals surface area contributed by atoms with Gasteiger partial charge in [-0.2, -0.15) is 5.10 Å². The second-order valence-corrected chi connectivity index (χ2v) is 8.10. The summed E-state index contributed by atoms with van der Waals surface area (Å²) in [7, 11) is 0. The predicted octanol–water partition coefficient (Wildman–Crippen LogP) is 5.09. The molecule has 4 rings (SSSR count). The number of benzene rings is 1. The molecule has 0 radical (unpaired) electrons. The summed E-state index contributed by atoms with van der Waals surface area (Å²) in [6, 6.07) is 11.2. The number of anilines is 1. The number of nitrogens with zero attached hydrogens (tertiary/aromatic N) is 3. The van der Waals surface area contributed by atoms with E-state index in [-0.39, 0.29) is 18.4 Å². The largest absolute Gasteiger partial charge is 0.441 e. The van der Waals surface area contributed by atoms with Gasteiger partial charge in [-0.3, -0.25) is 14.5 Å². The minimum atomic E-state index is -0.189. The van der Waals surface area contributed by atoms with Crippen LogP contribution in [0.1, 0.15) is 25.5 Å². The SMILES string of the molecule is CC(C)c1cnc(-c2ccc(NC(=O)Cn3c(-c4cccs4)n[nH]c3=S)cc2)o1. The molecule has 1 amide bonds. The van der Waals surface area contributed by atoms with E-state index in [4.69, 9.17) is 16.6 Å². The smallest absolute Gasteiger partial charge is 0.244 e. The van der Waals surface area contributed by atoms with E-state index in [1.54, 1.807) is 22.1 Å². The van der Waals surface area contributed by atoms with E-state index in [0.717, 1.165) is 16.2 Å². The van der Waals surface area contributed by atoms with Crippen LogP contribution in [0.5, 0.6) is 0 Å². The number of amides is 1. The standard InChI is InChI=1S/C20H19N5O2S2/c1-12(2)15-10-21-19(27-15)13-5-7-14(8-6-13)22-17(26)11-25-18(23-24-20(25)28)16-4-3-9-29-16/h3-10,12H,11H2,1-2H3,(H,22,26)(H,24,28). The molecule has 148 valence electrons. The normalized spacial score (nSPS) is 11.1. The summed E-state index contributed by atoms with van der Waals surface area (Å²) in [4.78, 5) is 17.8. The molecule has 0 fully saturated rings. The molecular weight excluding hydrogens is 406 g/mol. The van der Waals surface area contributed by atoms with Crippen LogP contribution in [0.3, 0.4) is 0 Å². The second kappa shape index (κ2) is 8.14. The van der Waals surface area contributed by atoms with Gasteiger partial charge in [-0.1, -0.05) is 19.9 Å². The molecule has 4 aromatic rings. The molecule has 0 saturated carbocycles. The monoisotopic (exact) mass is 425 g/mol. The Labute approximate surface area is 176 Å². The fourth-order valence-corrected chi connectivity index (χ4v) is 3.70. The first kappa shape index (κ1) is 19.3. The molecular formula is C20H19N5O2S2. The van der Waals surface area contributed by atoms with Crippen LogP contribution in [0.2, 0.25) is 0 Å². The fourth-order valence-electron chi connectivity index (χ4n) is 2.79. The van der Waals surface area contributed by atoms with Gasteiger partial charge < -0.3 is 9.73 Å². The molecule has 29 heavy (non-hydrogen) atoms. The molecule has 0 spiro atoms. The number of aromatic nitrogens is 4. The van der Waals surface area contributed by atoms with Crippen LogP contribution in [0, 0.1) is 4.77 Å². The van der Waals surface area contributed by atoms with Gasteiger partial charge in [0.05, 0.1) is 11.1 Å². The van der Waals surface area contributed by atoms with Gasteiger partial charge >= 0.3 is 0 Å². The highest BCUT2D eigenvalue weighted by atomic mass is 32.1. The van der Waals surface area contributed by atoms with E-state index in [2.05, 4.69) is 34.3 Å². The third-order valence-corrected chi connectivity index (χ3v) is 5.49. The maximum absolute atomic E-state index is 12.5. The number of nitrogens with one attached hydrogen (secondary N) is 2. The van der Waals surface area contributed by atoms with Crippen molar-refractivity contribution in [3.8, 4) is 22.2 Å². The van der Waals surface area contributed by atoms with Crippen molar-refractivity contribution in [2.45, 2.75) is 26.3 Å². The van der Waals surface area contributed by atoms with Crippen LogP contribution in [0.25, 0.3) is 22.2 Å². The number of H-pyrrole nitrogens is 1. The maximum atomic E-state index is 12.5. The van der Waals surface area contributed by atoms with Crippen molar-refractivity contribution in [2.24, 2.45) is 0 Å². The van der Waals surface area contributed by atoms with Gasteiger partial charge in [0.2, 0.25) is 11.8 Å². The Morgan fingerprint density at radius 2 is 2.10 bits per heavy atom. The topological polar surface area (TPSA) is 88.7 Å². The zero-order valence-electron chi connectivity index (χ0n) is 15.9. The van der Waals surface area contributed by atoms with Crippen LogP contribution in [0.15, 0.2) is 52.4 Å². The first-order valence-electron chi connectivity index (χ1n) is 9.06. The van der Waals surface area contributed by atoms with E-state index >= 15 is 0 Å². The van der Waals surface area contributed by atoms with Gasteiger partial charge in [0.1, 0.15) is 12.3 Å². The Morgan fingerprint density at radius 3 is 2.76 bits per heavy atom. The van der Waals surface area contributed by atoms with E-state index in [1.165, 1.54) is 0 Å². The molecule has 0 bridgehead atoms. The van der Waals surface area contributed by atoms with Crippen molar-refractivity contribution < 1.29 is 9.21 Å². The van der Waals surface area contributed by atoms with Crippen molar-refractivity contribution in [3.05, 3.63) is 58.5 Å². The van der Waals surface area contributed by atoms with E-state index < -0.39 is 0 Å². The summed E-state index contributed by atoms with van der Waals surface area (Å²) >= 11 is 6.81. The molecule has 9 heteroatoms. The lowest BCUT2D eigenvalue weighted by Gasteiger charge is -2.08. The summed E-state index contributed by atoms with van der Waals surface area (Å²) in [5.41, 5.74) is 1.54.